The summed E-state index contributed by atoms with van der Waals surface area (Å²) >= 11 is 0. The zero-order chi connectivity index (χ0) is 13.0. The van der Waals surface area contributed by atoms with Crippen molar-refractivity contribution in [1.82, 2.24) is 0 Å². The minimum atomic E-state index is -1.06. The Balaban J connectivity index is 2.54. The molecule has 1 N–H and O–H groups in total. The second-order valence-corrected chi connectivity index (χ2v) is 3.77. The SMILES string of the molecule is O=C(O)/C=C(/c1ccccc1)c1cccc(F)c1. The largest absolute Gasteiger partial charge is 0.478 e. The molecule has 0 unspecified atom stereocenters. The van der Waals surface area contributed by atoms with Crippen LogP contribution in [0, 0.1) is 5.82 Å². The summed E-state index contributed by atoms with van der Waals surface area (Å²) in [6, 6.07) is 14.9. The van der Waals surface area contributed by atoms with Crippen LogP contribution < -0.4 is 0 Å². The van der Waals surface area contributed by atoms with E-state index in [2.05, 4.69) is 0 Å². The number of halogens is 1. The zero-order valence-electron chi connectivity index (χ0n) is 9.51. The van der Waals surface area contributed by atoms with E-state index < -0.39 is 5.97 Å². The van der Waals surface area contributed by atoms with E-state index >= 15 is 0 Å². The highest BCUT2D eigenvalue weighted by atomic mass is 19.1. The Hall–Kier alpha value is -2.42. The molecule has 0 saturated heterocycles. The highest BCUT2D eigenvalue weighted by Crippen LogP contribution is 2.23. The molecule has 0 saturated carbocycles. The van der Waals surface area contributed by atoms with Crippen molar-refractivity contribution in [2.24, 2.45) is 0 Å². The van der Waals surface area contributed by atoms with E-state index in [1.807, 2.05) is 18.2 Å². The molecule has 0 radical (unpaired) electrons. The average molecular weight is 242 g/mol. The van der Waals surface area contributed by atoms with Gasteiger partial charge in [-0.15, -0.1) is 0 Å². The van der Waals surface area contributed by atoms with E-state index in [0.29, 0.717) is 11.1 Å². The summed E-state index contributed by atoms with van der Waals surface area (Å²) < 4.78 is 13.2. The van der Waals surface area contributed by atoms with Crippen molar-refractivity contribution >= 4 is 11.5 Å². The van der Waals surface area contributed by atoms with Crippen molar-refractivity contribution < 1.29 is 14.3 Å². The van der Waals surface area contributed by atoms with Crippen molar-refractivity contribution in [3.8, 4) is 0 Å². The summed E-state index contributed by atoms with van der Waals surface area (Å²) in [4.78, 5) is 10.9. The van der Waals surface area contributed by atoms with Crippen LogP contribution in [0.25, 0.3) is 5.57 Å². The summed E-state index contributed by atoms with van der Waals surface area (Å²) in [6.07, 6.45) is 1.09. The predicted molar refractivity (Wildman–Crippen MR) is 67.6 cm³/mol. The topological polar surface area (TPSA) is 37.3 Å². The zero-order valence-corrected chi connectivity index (χ0v) is 9.51. The molecule has 0 amide bonds. The van der Waals surface area contributed by atoms with Gasteiger partial charge in [-0.25, -0.2) is 9.18 Å². The van der Waals surface area contributed by atoms with Crippen LogP contribution >= 0.6 is 0 Å². The quantitative estimate of drug-likeness (QED) is 0.838. The first-order valence-electron chi connectivity index (χ1n) is 5.43. The molecule has 0 aliphatic rings. The van der Waals surface area contributed by atoms with E-state index in [4.69, 9.17) is 5.11 Å². The number of benzene rings is 2. The van der Waals surface area contributed by atoms with E-state index in [0.717, 1.165) is 11.6 Å². The van der Waals surface area contributed by atoms with Gasteiger partial charge < -0.3 is 5.11 Å². The standard InChI is InChI=1S/C15H11FO2/c16-13-8-4-7-12(9-13)14(10-15(17)18)11-5-2-1-3-6-11/h1-10H,(H,17,18)/b14-10-. The van der Waals surface area contributed by atoms with Gasteiger partial charge in [0.05, 0.1) is 0 Å². The molecule has 0 heterocycles. The van der Waals surface area contributed by atoms with Gasteiger partial charge in [0.1, 0.15) is 5.82 Å². The molecule has 90 valence electrons. The van der Waals surface area contributed by atoms with Gasteiger partial charge in [0.25, 0.3) is 0 Å². The van der Waals surface area contributed by atoms with Crippen LogP contribution in [0.2, 0.25) is 0 Å². The summed E-state index contributed by atoms with van der Waals surface area (Å²) in [5.74, 6) is -1.45. The number of hydrogen-bond donors (Lipinski definition) is 1. The van der Waals surface area contributed by atoms with Crippen LogP contribution in [-0.4, -0.2) is 11.1 Å². The lowest BCUT2D eigenvalue weighted by molar-refractivity contribution is -0.131. The molecule has 2 aromatic rings. The molecular weight excluding hydrogens is 231 g/mol. The van der Waals surface area contributed by atoms with Crippen LogP contribution in [0.1, 0.15) is 11.1 Å². The van der Waals surface area contributed by atoms with Crippen LogP contribution in [0.3, 0.4) is 0 Å². The lowest BCUT2D eigenvalue weighted by Gasteiger charge is -2.07. The maximum absolute atomic E-state index is 13.2. The molecule has 2 aromatic carbocycles. The molecule has 0 bridgehead atoms. The van der Waals surface area contributed by atoms with Gasteiger partial charge in [-0.1, -0.05) is 42.5 Å². The predicted octanol–water partition coefficient (Wildman–Crippen LogP) is 3.34. The number of carboxylic acid groups (broad SMARTS) is 1. The summed E-state index contributed by atoms with van der Waals surface area (Å²) in [5.41, 5.74) is 1.77. The Labute approximate surface area is 104 Å². The number of carbonyl (C=O) groups is 1. The van der Waals surface area contributed by atoms with E-state index in [1.165, 1.54) is 12.1 Å². The molecular formula is C15H11FO2. The highest BCUT2D eigenvalue weighted by molar-refractivity contribution is 5.95. The molecule has 0 aliphatic heterocycles. The highest BCUT2D eigenvalue weighted by Gasteiger charge is 2.07. The normalized spacial score (nSPS) is 11.3. The molecule has 18 heavy (non-hydrogen) atoms. The van der Waals surface area contributed by atoms with Gasteiger partial charge >= 0.3 is 5.97 Å². The maximum atomic E-state index is 13.2. The Morgan fingerprint density at radius 1 is 1.00 bits per heavy atom. The third-order valence-corrected chi connectivity index (χ3v) is 2.49. The molecule has 0 fully saturated rings. The lowest BCUT2D eigenvalue weighted by Crippen LogP contribution is -1.95. The number of aliphatic carboxylic acids is 1. The van der Waals surface area contributed by atoms with Crippen molar-refractivity contribution in [2.75, 3.05) is 0 Å². The van der Waals surface area contributed by atoms with Gasteiger partial charge in [-0.2, -0.15) is 0 Å². The second-order valence-electron chi connectivity index (χ2n) is 3.77. The van der Waals surface area contributed by atoms with Crippen LogP contribution in [0.15, 0.2) is 60.7 Å². The van der Waals surface area contributed by atoms with Crippen LogP contribution in [0.4, 0.5) is 4.39 Å². The molecule has 0 spiro atoms. The average Bonchev–Trinajstić information content (AvgIpc) is 2.37. The molecule has 2 nitrogen and oxygen atoms in total. The number of carboxylic acids is 1. The smallest absolute Gasteiger partial charge is 0.328 e. The molecule has 0 atom stereocenters. The van der Waals surface area contributed by atoms with Gasteiger partial charge in [-0.05, 0) is 28.8 Å². The Morgan fingerprint density at radius 2 is 1.67 bits per heavy atom. The monoisotopic (exact) mass is 242 g/mol. The summed E-state index contributed by atoms with van der Waals surface area (Å²) in [7, 11) is 0. The van der Waals surface area contributed by atoms with Crippen molar-refractivity contribution in [3.05, 3.63) is 77.6 Å². The third kappa shape index (κ3) is 2.83. The van der Waals surface area contributed by atoms with Crippen molar-refractivity contribution in [3.63, 3.8) is 0 Å². The summed E-state index contributed by atoms with van der Waals surface area (Å²) in [5, 5.41) is 8.91. The second kappa shape index (κ2) is 5.27. The molecule has 3 heteroatoms. The van der Waals surface area contributed by atoms with Crippen molar-refractivity contribution in [1.29, 1.82) is 0 Å². The lowest BCUT2D eigenvalue weighted by atomic mass is 9.97. The third-order valence-electron chi connectivity index (χ3n) is 2.49. The Morgan fingerprint density at radius 3 is 2.28 bits per heavy atom. The fourth-order valence-electron chi connectivity index (χ4n) is 1.73. The van der Waals surface area contributed by atoms with Crippen LogP contribution in [-0.2, 0) is 4.79 Å². The fraction of sp³-hybridized carbons (Fsp3) is 0. The number of rotatable bonds is 3. The minimum absolute atomic E-state index is 0.389. The van der Waals surface area contributed by atoms with E-state index in [9.17, 15) is 9.18 Å². The van der Waals surface area contributed by atoms with Crippen molar-refractivity contribution in [2.45, 2.75) is 0 Å². The molecule has 0 aliphatic carbocycles. The first-order valence-corrected chi connectivity index (χ1v) is 5.43. The maximum Gasteiger partial charge on any atom is 0.328 e. The van der Waals surface area contributed by atoms with Gasteiger partial charge in [-0.3, -0.25) is 0 Å². The summed E-state index contributed by atoms with van der Waals surface area (Å²) in [6.45, 7) is 0. The van der Waals surface area contributed by atoms with Crippen LogP contribution in [0.5, 0.6) is 0 Å². The van der Waals surface area contributed by atoms with Gasteiger partial charge in [0.2, 0.25) is 0 Å². The fourth-order valence-corrected chi connectivity index (χ4v) is 1.73. The number of hydrogen-bond acceptors (Lipinski definition) is 1. The first kappa shape index (κ1) is 12.0. The first-order chi connectivity index (χ1) is 8.66. The Kier molecular flexibility index (Phi) is 3.53. The minimum Gasteiger partial charge on any atom is -0.478 e. The van der Waals surface area contributed by atoms with Gasteiger partial charge in [0, 0.05) is 6.08 Å². The molecule has 0 aromatic heterocycles. The van der Waals surface area contributed by atoms with Gasteiger partial charge in [0.15, 0.2) is 0 Å². The van der Waals surface area contributed by atoms with E-state index in [1.54, 1.807) is 24.3 Å². The Bertz CT molecular complexity index is 588. The molecule has 2 rings (SSSR count). The van der Waals surface area contributed by atoms with E-state index in [-0.39, 0.29) is 5.82 Å².